The van der Waals surface area contributed by atoms with Crippen LogP contribution in [-0.2, 0) is 7.05 Å². The second-order valence-corrected chi connectivity index (χ2v) is 2.66. The van der Waals surface area contributed by atoms with Crippen molar-refractivity contribution < 1.29 is 0 Å². The average molecular weight is 180 g/mol. The molecular weight excluding hydrogens is 172 g/mol. The summed E-state index contributed by atoms with van der Waals surface area (Å²) in [4.78, 5) is 18.0. The van der Waals surface area contributed by atoms with E-state index in [1.54, 1.807) is 7.05 Å². The molecule has 0 saturated carbocycles. The molecule has 0 amide bonds. The van der Waals surface area contributed by atoms with Crippen LogP contribution in [0.4, 0.5) is 0 Å². The number of fused-ring (bicyclic) bond motifs is 1. The maximum Gasteiger partial charge on any atom is 0.299 e. The van der Waals surface area contributed by atoms with E-state index in [0.717, 1.165) is 4.68 Å². The van der Waals surface area contributed by atoms with Crippen LogP contribution in [0.5, 0.6) is 0 Å². The average Bonchev–Trinajstić information content (AvgIpc) is 2.59. The van der Waals surface area contributed by atoms with Gasteiger partial charge in [-0.1, -0.05) is 0 Å². The van der Waals surface area contributed by atoms with Crippen LogP contribution in [0.2, 0.25) is 0 Å². The third kappa shape index (κ3) is 0.805. The number of H-pyrrole nitrogens is 1. The van der Waals surface area contributed by atoms with Crippen LogP contribution < -0.4 is 17.0 Å². The summed E-state index contributed by atoms with van der Waals surface area (Å²) in [5.41, 5.74) is 0.193. The number of nitrogens with two attached hydrogens (primary N) is 1. The quantitative estimate of drug-likeness (QED) is 0.419. The zero-order chi connectivity index (χ0) is 9.59. The van der Waals surface area contributed by atoms with Crippen LogP contribution in [0.25, 0.3) is 11.2 Å². The fourth-order valence-electron chi connectivity index (χ4n) is 1.18. The second kappa shape index (κ2) is 2.22. The van der Waals surface area contributed by atoms with Gasteiger partial charge in [0, 0.05) is 7.05 Å². The number of imidazole rings is 1. The molecule has 0 bridgehead atoms. The molecule has 2 rings (SSSR count). The molecule has 0 aromatic carbocycles. The number of hydrogen-bond acceptors (Lipinski definition) is 4. The van der Waals surface area contributed by atoms with E-state index in [4.69, 9.17) is 11.3 Å². The highest BCUT2D eigenvalue weighted by Crippen LogP contribution is 1.96. The number of rotatable bonds is 0. The fourth-order valence-corrected chi connectivity index (χ4v) is 1.18. The van der Waals surface area contributed by atoms with Crippen LogP contribution in [0.3, 0.4) is 0 Å². The molecule has 0 spiro atoms. The molecule has 0 fully saturated rings. The zero-order valence-electron chi connectivity index (χ0n) is 6.90. The van der Waals surface area contributed by atoms with Gasteiger partial charge in [0.15, 0.2) is 11.2 Å². The monoisotopic (exact) mass is 180 g/mol. The van der Waals surface area contributed by atoms with Crippen molar-refractivity contribution in [2.45, 2.75) is 0 Å². The lowest BCUT2D eigenvalue weighted by Crippen LogP contribution is -2.44. The summed E-state index contributed by atoms with van der Waals surface area (Å²) in [6.45, 7) is 0. The van der Waals surface area contributed by atoms with E-state index >= 15 is 0 Å². The van der Waals surface area contributed by atoms with Crippen LogP contribution >= 0.6 is 0 Å². The molecule has 0 aliphatic carbocycles. The zero-order valence-corrected chi connectivity index (χ0v) is 6.90. The van der Waals surface area contributed by atoms with E-state index in [9.17, 15) is 4.79 Å². The smallest absolute Gasteiger partial charge is 0.299 e. The van der Waals surface area contributed by atoms with Crippen molar-refractivity contribution in [2.24, 2.45) is 7.05 Å². The number of aromatic nitrogens is 4. The molecule has 68 valence electrons. The molecule has 2 heterocycles. The molecule has 0 aliphatic rings. The summed E-state index contributed by atoms with van der Waals surface area (Å²) in [7, 11) is 1.62. The van der Waals surface area contributed by atoms with Gasteiger partial charge in [0.2, 0.25) is 5.62 Å². The van der Waals surface area contributed by atoms with E-state index in [-0.39, 0.29) is 5.62 Å². The van der Waals surface area contributed by atoms with Gasteiger partial charge in [0.05, 0.1) is 6.33 Å². The number of hydrogen-bond donors (Lipinski definition) is 3. The van der Waals surface area contributed by atoms with E-state index < -0.39 is 5.56 Å². The van der Waals surface area contributed by atoms with Crippen molar-refractivity contribution in [3.05, 3.63) is 22.3 Å². The first kappa shape index (κ1) is 7.59. The van der Waals surface area contributed by atoms with E-state index in [2.05, 4.69) is 9.97 Å². The standard InChI is InChI=1S/C6H8N6O/c1-11-4-3(9-2-10-4)5(13)12(8)6(11)7/h2,7H,8H2,1H3,(H,9,10). The Hall–Kier alpha value is -2.05. The van der Waals surface area contributed by atoms with Gasteiger partial charge in [-0.05, 0) is 0 Å². The van der Waals surface area contributed by atoms with Crippen molar-refractivity contribution in [1.29, 1.82) is 5.41 Å². The summed E-state index contributed by atoms with van der Waals surface area (Å²) >= 11 is 0. The van der Waals surface area contributed by atoms with Gasteiger partial charge in [0.25, 0.3) is 5.56 Å². The second-order valence-electron chi connectivity index (χ2n) is 2.66. The Morgan fingerprint density at radius 3 is 3.08 bits per heavy atom. The fraction of sp³-hybridized carbons (Fsp3) is 0.167. The molecule has 0 atom stereocenters. The number of aromatic amines is 1. The lowest BCUT2D eigenvalue weighted by Gasteiger charge is -2.03. The van der Waals surface area contributed by atoms with Crippen molar-refractivity contribution >= 4 is 11.2 Å². The number of aryl methyl sites for hydroxylation is 1. The lowest BCUT2D eigenvalue weighted by molar-refractivity contribution is 0.698. The Bertz CT molecular complexity index is 573. The Morgan fingerprint density at radius 2 is 2.38 bits per heavy atom. The van der Waals surface area contributed by atoms with Gasteiger partial charge in [-0.25, -0.2) is 4.98 Å². The van der Waals surface area contributed by atoms with E-state index in [1.165, 1.54) is 10.9 Å². The predicted octanol–water partition coefficient (Wildman–Crippen LogP) is -1.74. The summed E-state index contributed by atoms with van der Waals surface area (Å²) in [6, 6.07) is 0. The SMILES string of the molecule is Cn1c(=N)n(N)c(=O)c2[nH]cnc21. The Kier molecular flexibility index (Phi) is 1.30. The normalized spacial score (nSPS) is 10.8. The minimum absolute atomic E-state index is 0.0930. The highest BCUT2D eigenvalue weighted by Gasteiger charge is 2.07. The summed E-state index contributed by atoms with van der Waals surface area (Å²) in [5.74, 6) is 5.36. The van der Waals surface area contributed by atoms with Gasteiger partial charge in [0.1, 0.15) is 0 Å². The first-order chi connectivity index (χ1) is 6.13. The maximum atomic E-state index is 11.4. The molecule has 0 radical (unpaired) electrons. The number of nitrogens with one attached hydrogen (secondary N) is 2. The van der Waals surface area contributed by atoms with Gasteiger partial charge < -0.3 is 10.8 Å². The molecule has 0 aliphatic heterocycles. The predicted molar refractivity (Wildman–Crippen MR) is 45.3 cm³/mol. The lowest BCUT2D eigenvalue weighted by atomic mass is 10.5. The number of nitrogen functional groups attached to an aromatic ring is 1. The molecule has 7 heteroatoms. The third-order valence-corrected chi connectivity index (χ3v) is 1.92. The first-order valence-electron chi connectivity index (χ1n) is 3.57. The highest BCUT2D eigenvalue weighted by atomic mass is 16.1. The topological polar surface area (TPSA) is 105 Å². The molecule has 4 N–H and O–H groups in total. The minimum atomic E-state index is -0.449. The Morgan fingerprint density at radius 1 is 1.69 bits per heavy atom. The highest BCUT2D eigenvalue weighted by molar-refractivity contribution is 5.68. The number of nitrogens with zero attached hydrogens (tertiary/aromatic N) is 3. The first-order valence-corrected chi connectivity index (χ1v) is 3.57. The molecule has 0 unspecified atom stereocenters. The molecule has 7 nitrogen and oxygen atoms in total. The van der Waals surface area contributed by atoms with Crippen molar-refractivity contribution in [3.63, 3.8) is 0 Å². The molecule has 0 saturated heterocycles. The third-order valence-electron chi connectivity index (χ3n) is 1.92. The Balaban J connectivity index is 3.21. The van der Waals surface area contributed by atoms with Crippen LogP contribution in [0, 0.1) is 5.41 Å². The molecular formula is C6H8N6O. The van der Waals surface area contributed by atoms with Gasteiger partial charge in [-0.2, -0.15) is 4.68 Å². The van der Waals surface area contributed by atoms with Crippen LogP contribution in [0.1, 0.15) is 0 Å². The molecule has 13 heavy (non-hydrogen) atoms. The van der Waals surface area contributed by atoms with E-state index in [1.807, 2.05) is 0 Å². The van der Waals surface area contributed by atoms with Gasteiger partial charge >= 0.3 is 0 Å². The van der Waals surface area contributed by atoms with E-state index in [0.29, 0.717) is 11.2 Å². The van der Waals surface area contributed by atoms with Crippen LogP contribution in [-0.4, -0.2) is 19.2 Å². The largest absolute Gasteiger partial charge is 0.339 e. The Labute approximate surface area is 71.9 Å². The van der Waals surface area contributed by atoms with Gasteiger partial charge in [-0.15, -0.1) is 0 Å². The maximum absolute atomic E-state index is 11.4. The van der Waals surface area contributed by atoms with Gasteiger partial charge in [-0.3, -0.25) is 14.8 Å². The van der Waals surface area contributed by atoms with Crippen molar-refractivity contribution in [1.82, 2.24) is 19.2 Å². The van der Waals surface area contributed by atoms with Crippen LogP contribution in [0.15, 0.2) is 11.1 Å². The van der Waals surface area contributed by atoms with Crippen molar-refractivity contribution in [3.8, 4) is 0 Å². The van der Waals surface area contributed by atoms with Crippen molar-refractivity contribution in [2.75, 3.05) is 5.84 Å². The summed E-state index contributed by atoms with van der Waals surface area (Å²) < 4.78 is 2.19. The molecule has 2 aromatic rings. The summed E-state index contributed by atoms with van der Waals surface area (Å²) in [5, 5.41) is 7.45. The summed E-state index contributed by atoms with van der Waals surface area (Å²) in [6.07, 6.45) is 1.39. The molecule has 2 aromatic heterocycles. The minimum Gasteiger partial charge on any atom is -0.339 e.